The molecule has 0 aromatic heterocycles. The van der Waals surface area contributed by atoms with Gasteiger partial charge in [-0.3, -0.25) is 14.5 Å². The predicted octanol–water partition coefficient (Wildman–Crippen LogP) is 1.63. The summed E-state index contributed by atoms with van der Waals surface area (Å²) in [5, 5.41) is 8.80. The van der Waals surface area contributed by atoms with Crippen LogP contribution >= 0.6 is 15.9 Å². The Balaban J connectivity index is 1.79. The van der Waals surface area contributed by atoms with Gasteiger partial charge < -0.3 is 14.7 Å². The SMILES string of the molecule is CN(CC(=O)O)CC1CN(C(=O)CCc2ccc(Br)cc2)CCO1. The minimum absolute atomic E-state index is 0.0304. The number of aliphatic carboxylic acids is 1. The summed E-state index contributed by atoms with van der Waals surface area (Å²) in [6, 6.07) is 7.98. The summed E-state index contributed by atoms with van der Waals surface area (Å²) in [6.45, 7) is 2.08. The fraction of sp³-hybridized carbons (Fsp3) is 0.529. The average molecular weight is 399 g/mol. The zero-order chi connectivity index (χ0) is 17.5. The molecule has 0 spiro atoms. The van der Waals surface area contributed by atoms with Gasteiger partial charge >= 0.3 is 5.97 Å². The number of ether oxygens (including phenoxy) is 1. The predicted molar refractivity (Wildman–Crippen MR) is 93.9 cm³/mol. The number of carbonyl (C=O) groups excluding carboxylic acids is 1. The smallest absolute Gasteiger partial charge is 0.317 e. The van der Waals surface area contributed by atoms with Crippen LogP contribution in [0.5, 0.6) is 0 Å². The molecule has 0 saturated carbocycles. The Morgan fingerprint density at radius 2 is 2.08 bits per heavy atom. The third kappa shape index (κ3) is 6.22. The first-order valence-corrected chi connectivity index (χ1v) is 8.77. The number of hydrogen-bond acceptors (Lipinski definition) is 4. The highest BCUT2D eigenvalue weighted by Gasteiger charge is 2.25. The molecule has 1 fully saturated rings. The summed E-state index contributed by atoms with van der Waals surface area (Å²) >= 11 is 3.40. The van der Waals surface area contributed by atoms with E-state index in [4.69, 9.17) is 9.84 Å². The van der Waals surface area contributed by atoms with Gasteiger partial charge in [0.2, 0.25) is 5.91 Å². The molecule has 1 heterocycles. The summed E-state index contributed by atoms with van der Waals surface area (Å²) in [6.07, 6.45) is 1.05. The van der Waals surface area contributed by atoms with Crippen LogP contribution in [0.4, 0.5) is 0 Å². The van der Waals surface area contributed by atoms with E-state index in [-0.39, 0.29) is 18.6 Å². The summed E-state index contributed by atoms with van der Waals surface area (Å²) in [4.78, 5) is 26.6. The summed E-state index contributed by atoms with van der Waals surface area (Å²) < 4.78 is 6.68. The molecular weight excluding hydrogens is 376 g/mol. The first kappa shape index (κ1) is 18.9. The topological polar surface area (TPSA) is 70.1 Å². The maximum Gasteiger partial charge on any atom is 0.317 e. The molecule has 132 valence electrons. The van der Waals surface area contributed by atoms with Crippen molar-refractivity contribution in [1.82, 2.24) is 9.80 Å². The number of aryl methyl sites for hydroxylation is 1. The fourth-order valence-corrected chi connectivity index (χ4v) is 3.02. The minimum atomic E-state index is -0.865. The van der Waals surface area contributed by atoms with Crippen LogP contribution in [0.1, 0.15) is 12.0 Å². The first-order valence-electron chi connectivity index (χ1n) is 7.98. The number of rotatable bonds is 7. The molecular formula is C17H23BrN2O4. The highest BCUT2D eigenvalue weighted by atomic mass is 79.9. The number of carboxylic acid groups (broad SMARTS) is 1. The Morgan fingerprint density at radius 1 is 1.38 bits per heavy atom. The molecule has 1 amide bonds. The van der Waals surface area contributed by atoms with Gasteiger partial charge in [-0.05, 0) is 31.2 Å². The Bertz CT molecular complexity index is 564. The van der Waals surface area contributed by atoms with Crippen molar-refractivity contribution in [1.29, 1.82) is 0 Å². The van der Waals surface area contributed by atoms with Crippen molar-refractivity contribution in [2.75, 3.05) is 39.8 Å². The monoisotopic (exact) mass is 398 g/mol. The number of benzene rings is 1. The number of amides is 1. The van der Waals surface area contributed by atoms with Crippen LogP contribution < -0.4 is 0 Å². The zero-order valence-corrected chi connectivity index (χ0v) is 15.4. The van der Waals surface area contributed by atoms with Crippen LogP contribution in [0, 0.1) is 0 Å². The lowest BCUT2D eigenvalue weighted by Gasteiger charge is -2.34. The van der Waals surface area contributed by atoms with Gasteiger partial charge in [-0.25, -0.2) is 0 Å². The van der Waals surface area contributed by atoms with E-state index in [1.54, 1.807) is 11.9 Å². The third-order valence-electron chi connectivity index (χ3n) is 3.95. The normalized spacial score (nSPS) is 18.0. The summed E-state index contributed by atoms with van der Waals surface area (Å²) in [7, 11) is 1.74. The molecule has 1 aromatic rings. The van der Waals surface area contributed by atoms with Crippen molar-refractivity contribution in [3.63, 3.8) is 0 Å². The van der Waals surface area contributed by atoms with Gasteiger partial charge in [0, 0.05) is 30.5 Å². The molecule has 1 saturated heterocycles. The van der Waals surface area contributed by atoms with Crippen molar-refractivity contribution < 1.29 is 19.4 Å². The molecule has 0 bridgehead atoms. The molecule has 1 unspecified atom stereocenters. The van der Waals surface area contributed by atoms with Crippen LogP contribution in [-0.4, -0.2) is 72.7 Å². The van der Waals surface area contributed by atoms with Gasteiger partial charge in [0.25, 0.3) is 0 Å². The second-order valence-corrected chi connectivity index (χ2v) is 6.97. The number of nitrogens with zero attached hydrogens (tertiary/aromatic N) is 2. The van der Waals surface area contributed by atoms with Gasteiger partial charge in [0.05, 0.1) is 19.3 Å². The minimum Gasteiger partial charge on any atom is -0.480 e. The lowest BCUT2D eigenvalue weighted by atomic mass is 10.1. The maximum atomic E-state index is 12.4. The van der Waals surface area contributed by atoms with E-state index >= 15 is 0 Å². The van der Waals surface area contributed by atoms with Crippen LogP contribution in [0.25, 0.3) is 0 Å². The van der Waals surface area contributed by atoms with Crippen LogP contribution in [-0.2, 0) is 20.7 Å². The fourth-order valence-electron chi connectivity index (χ4n) is 2.76. The molecule has 2 rings (SSSR count). The van der Waals surface area contributed by atoms with Crippen molar-refractivity contribution in [3.05, 3.63) is 34.3 Å². The zero-order valence-electron chi connectivity index (χ0n) is 13.8. The van der Waals surface area contributed by atoms with E-state index in [1.807, 2.05) is 29.2 Å². The quantitative estimate of drug-likeness (QED) is 0.755. The molecule has 7 heteroatoms. The van der Waals surface area contributed by atoms with Crippen LogP contribution in [0.2, 0.25) is 0 Å². The van der Waals surface area contributed by atoms with Crippen molar-refractivity contribution in [2.45, 2.75) is 18.9 Å². The van der Waals surface area contributed by atoms with Gasteiger partial charge in [-0.2, -0.15) is 0 Å². The lowest BCUT2D eigenvalue weighted by molar-refractivity contribution is -0.142. The number of carbonyl (C=O) groups is 2. The Labute approximate surface area is 150 Å². The molecule has 1 aliphatic rings. The van der Waals surface area contributed by atoms with Crippen molar-refractivity contribution >= 4 is 27.8 Å². The van der Waals surface area contributed by atoms with E-state index in [9.17, 15) is 9.59 Å². The van der Waals surface area contributed by atoms with E-state index in [2.05, 4.69) is 15.9 Å². The van der Waals surface area contributed by atoms with Gasteiger partial charge in [-0.15, -0.1) is 0 Å². The van der Waals surface area contributed by atoms with E-state index in [0.29, 0.717) is 39.1 Å². The third-order valence-corrected chi connectivity index (χ3v) is 4.48. The molecule has 1 aliphatic heterocycles. The number of hydrogen-bond donors (Lipinski definition) is 1. The Kier molecular flexibility index (Phi) is 7.20. The van der Waals surface area contributed by atoms with Crippen LogP contribution in [0.15, 0.2) is 28.7 Å². The van der Waals surface area contributed by atoms with Gasteiger partial charge in [0.1, 0.15) is 0 Å². The van der Waals surface area contributed by atoms with Crippen LogP contribution in [0.3, 0.4) is 0 Å². The highest BCUT2D eigenvalue weighted by molar-refractivity contribution is 9.10. The second kappa shape index (κ2) is 9.15. The average Bonchev–Trinajstić information content (AvgIpc) is 2.53. The first-order chi connectivity index (χ1) is 11.4. The lowest BCUT2D eigenvalue weighted by Crippen LogP contribution is -2.49. The Morgan fingerprint density at radius 3 is 2.75 bits per heavy atom. The standard InChI is InChI=1S/C17H23BrN2O4/c1-19(12-17(22)23)10-15-11-20(8-9-24-15)16(21)7-4-13-2-5-14(18)6-3-13/h2-3,5-6,15H,4,7-12H2,1H3,(H,22,23). The number of likely N-dealkylation sites (N-methyl/N-ethyl adjacent to an activating group) is 1. The summed E-state index contributed by atoms with van der Waals surface area (Å²) in [5.74, 6) is -0.747. The molecule has 1 aromatic carbocycles. The van der Waals surface area contributed by atoms with E-state index in [0.717, 1.165) is 10.0 Å². The molecule has 0 aliphatic carbocycles. The van der Waals surface area contributed by atoms with Gasteiger partial charge in [-0.1, -0.05) is 28.1 Å². The number of morpholine rings is 1. The summed E-state index contributed by atoms with van der Waals surface area (Å²) in [5.41, 5.74) is 1.14. The highest BCUT2D eigenvalue weighted by Crippen LogP contribution is 2.13. The molecule has 1 N–H and O–H groups in total. The number of carboxylic acids is 1. The van der Waals surface area contributed by atoms with E-state index < -0.39 is 5.97 Å². The molecule has 0 radical (unpaired) electrons. The second-order valence-electron chi connectivity index (χ2n) is 6.05. The number of halogens is 1. The molecule has 24 heavy (non-hydrogen) atoms. The Hall–Kier alpha value is -1.44. The van der Waals surface area contributed by atoms with Gasteiger partial charge in [0.15, 0.2) is 0 Å². The van der Waals surface area contributed by atoms with Crippen molar-refractivity contribution in [3.8, 4) is 0 Å². The molecule has 1 atom stereocenters. The maximum absolute atomic E-state index is 12.4. The largest absolute Gasteiger partial charge is 0.480 e. The van der Waals surface area contributed by atoms with Crippen molar-refractivity contribution in [2.24, 2.45) is 0 Å². The van der Waals surface area contributed by atoms with E-state index in [1.165, 1.54) is 0 Å². The molecule has 6 nitrogen and oxygen atoms in total.